The van der Waals surface area contributed by atoms with Gasteiger partial charge in [-0.15, -0.1) is 0 Å². The van der Waals surface area contributed by atoms with Crippen LogP contribution in [-0.2, 0) is 10.2 Å². The van der Waals surface area contributed by atoms with Gasteiger partial charge in [-0.2, -0.15) is 5.10 Å². The summed E-state index contributed by atoms with van der Waals surface area (Å²) in [5.41, 5.74) is 5.37. The van der Waals surface area contributed by atoms with Crippen LogP contribution in [0.1, 0.15) is 37.8 Å². The van der Waals surface area contributed by atoms with Gasteiger partial charge in [0.2, 0.25) is 0 Å². The van der Waals surface area contributed by atoms with Crippen LogP contribution in [0.3, 0.4) is 0 Å². The van der Waals surface area contributed by atoms with Crippen molar-refractivity contribution in [2.45, 2.75) is 37.5 Å². The van der Waals surface area contributed by atoms with Crippen molar-refractivity contribution in [2.24, 2.45) is 0 Å². The van der Waals surface area contributed by atoms with E-state index in [1.54, 1.807) is 6.07 Å². The maximum absolute atomic E-state index is 11.4. The van der Waals surface area contributed by atoms with Gasteiger partial charge in [0.15, 0.2) is 0 Å². The van der Waals surface area contributed by atoms with Crippen molar-refractivity contribution in [1.82, 2.24) is 10.2 Å². The average molecular weight is 209 g/mol. The van der Waals surface area contributed by atoms with E-state index in [0.717, 1.165) is 19.3 Å². The number of carbonyl (C=O) groups is 1. The topological polar surface area (TPSA) is 92.0 Å². The molecule has 1 aliphatic rings. The molecule has 0 saturated heterocycles. The summed E-state index contributed by atoms with van der Waals surface area (Å²) < 4.78 is 0. The number of rotatable bonds is 2. The Morgan fingerprint density at radius 2 is 2.13 bits per heavy atom. The number of H-pyrrole nitrogens is 1. The number of nitrogens with zero attached hydrogens (tertiary/aromatic N) is 1. The highest BCUT2D eigenvalue weighted by Gasteiger charge is 2.42. The van der Waals surface area contributed by atoms with Gasteiger partial charge in [0.25, 0.3) is 0 Å². The Kier molecular flexibility index (Phi) is 2.38. The van der Waals surface area contributed by atoms with E-state index >= 15 is 0 Å². The molecule has 2 rings (SSSR count). The highest BCUT2D eigenvalue weighted by Crippen LogP contribution is 2.39. The van der Waals surface area contributed by atoms with E-state index in [0.29, 0.717) is 24.4 Å². The van der Waals surface area contributed by atoms with E-state index < -0.39 is 11.4 Å². The lowest BCUT2D eigenvalue weighted by Crippen LogP contribution is -2.38. The van der Waals surface area contributed by atoms with Gasteiger partial charge in [0.05, 0.1) is 5.69 Å². The van der Waals surface area contributed by atoms with Crippen LogP contribution in [0.4, 0.5) is 5.82 Å². The summed E-state index contributed by atoms with van der Waals surface area (Å²) in [5.74, 6) is -0.415. The number of aliphatic carboxylic acids is 1. The predicted molar refractivity (Wildman–Crippen MR) is 55.4 cm³/mol. The molecule has 82 valence electrons. The highest BCUT2D eigenvalue weighted by molar-refractivity contribution is 5.81. The van der Waals surface area contributed by atoms with Gasteiger partial charge >= 0.3 is 5.97 Å². The fourth-order valence-electron chi connectivity index (χ4n) is 2.34. The lowest BCUT2D eigenvalue weighted by atomic mass is 9.72. The minimum Gasteiger partial charge on any atom is -0.481 e. The van der Waals surface area contributed by atoms with Gasteiger partial charge in [-0.1, -0.05) is 19.3 Å². The van der Waals surface area contributed by atoms with Gasteiger partial charge < -0.3 is 10.8 Å². The van der Waals surface area contributed by atoms with E-state index in [4.69, 9.17) is 5.73 Å². The van der Waals surface area contributed by atoms with Gasteiger partial charge in [0, 0.05) is 6.07 Å². The fraction of sp³-hybridized carbons (Fsp3) is 0.600. The lowest BCUT2D eigenvalue weighted by Gasteiger charge is -2.31. The molecule has 0 bridgehead atoms. The summed E-state index contributed by atoms with van der Waals surface area (Å²) in [6.45, 7) is 0. The molecule has 1 fully saturated rings. The second-order valence-corrected chi connectivity index (χ2v) is 4.15. The Morgan fingerprint density at radius 1 is 1.47 bits per heavy atom. The monoisotopic (exact) mass is 209 g/mol. The third-order valence-electron chi connectivity index (χ3n) is 3.23. The molecule has 0 unspecified atom stereocenters. The first-order chi connectivity index (χ1) is 7.15. The number of nitrogens with one attached hydrogen (secondary N) is 1. The molecule has 0 spiro atoms. The third kappa shape index (κ3) is 1.58. The summed E-state index contributed by atoms with van der Waals surface area (Å²) in [5, 5.41) is 15.9. The van der Waals surface area contributed by atoms with Gasteiger partial charge in [-0.3, -0.25) is 9.89 Å². The van der Waals surface area contributed by atoms with Crippen molar-refractivity contribution in [2.75, 3.05) is 5.73 Å². The van der Waals surface area contributed by atoms with E-state index in [2.05, 4.69) is 10.2 Å². The molecule has 5 heteroatoms. The second kappa shape index (κ2) is 3.56. The maximum Gasteiger partial charge on any atom is 0.315 e. The molecule has 0 amide bonds. The van der Waals surface area contributed by atoms with Crippen LogP contribution in [0.2, 0.25) is 0 Å². The number of nitrogen functional groups attached to an aromatic ring is 1. The molecule has 0 aromatic carbocycles. The van der Waals surface area contributed by atoms with Crippen molar-refractivity contribution >= 4 is 11.8 Å². The number of anilines is 1. The molecule has 4 N–H and O–H groups in total. The predicted octanol–water partition coefficient (Wildman–Crippen LogP) is 1.28. The Morgan fingerprint density at radius 3 is 2.60 bits per heavy atom. The highest BCUT2D eigenvalue weighted by atomic mass is 16.4. The minimum atomic E-state index is -0.789. The molecule has 0 atom stereocenters. The van der Waals surface area contributed by atoms with Crippen molar-refractivity contribution in [1.29, 1.82) is 0 Å². The van der Waals surface area contributed by atoms with E-state index in [1.165, 1.54) is 0 Å². The first kappa shape index (κ1) is 10.0. The molecule has 0 radical (unpaired) electrons. The fourth-order valence-corrected chi connectivity index (χ4v) is 2.34. The Bertz CT molecular complexity index is 366. The van der Waals surface area contributed by atoms with E-state index in [1.807, 2.05) is 0 Å². The quantitative estimate of drug-likeness (QED) is 0.684. The molecule has 1 aromatic rings. The van der Waals surface area contributed by atoms with Crippen LogP contribution in [0.15, 0.2) is 6.07 Å². The van der Waals surface area contributed by atoms with Gasteiger partial charge in [0.1, 0.15) is 11.2 Å². The zero-order chi connectivity index (χ0) is 10.9. The summed E-state index contributed by atoms with van der Waals surface area (Å²) in [4.78, 5) is 11.4. The van der Waals surface area contributed by atoms with Crippen LogP contribution >= 0.6 is 0 Å². The number of carboxylic acids is 1. The zero-order valence-corrected chi connectivity index (χ0v) is 8.49. The van der Waals surface area contributed by atoms with Crippen molar-refractivity contribution in [3.8, 4) is 0 Å². The van der Waals surface area contributed by atoms with Crippen molar-refractivity contribution < 1.29 is 9.90 Å². The smallest absolute Gasteiger partial charge is 0.315 e. The Balaban J connectivity index is 2.37. The standard InChI is InChI=1S/C10H15N3O2/c11-8-6-7(12-13-8)10(9(14)15)4-2-1-3-5-10/h6H,1-5H2,(H,14,15)(H3,11,12,13). The SMILES string of the molecule is Nc1cc(C2(C(=O)O)CCCCC2)[nH]n1. The van der Waals surface area contributed by atoms with Gasteiger partial charge in [-0.05, 0) is 12.8 Å². The second-order valence-electron chi connectivity index (χ2n) is 4.15. The van der Waals surface area contributed by atoms with Crippen molar-refractivity contribution in [3.05, 3.63) is 11.8 Å². The molecule has 15 heavy (non-hydrogen) atoms. The van der Waals surface area contributed by atoms with Crippen LogP contribution in [0.25, 0.3) is 0 Å². The number of hydrogen-bond acceptors (Lipinski definition) is 3. The van der Waals surface area contributed by atoms with E-state index in [-0.39, 0.29) is 0 Å². The summed E-state index contributed by atoms with van der Waals surface area (Å²) in [6.07, 6.45) is 4.35. The minimum absolute atomic E-state index is 0.358. The molecular weight excluding hydrogens is 194 g/mol. The number of hydrogen-bond donors (Lipinski definition) is 3. The normalized spacial score (nSPS) is 20.0. The summed E-state index contributed by atoms with van der Waals surface area (Å²) in [7, 11) is 0. The largest absolute Gasteiger partial charge is 0.481 e. The van der Waals surface area contributed by atoms with Crippen LogP contribution in [-0.4, -0.2) is 21.3 Å². The molecule has 1 aromatic heterocycles. The summed E-state index contributed by atoms with van der Waals surface area (Å²) >= 11 is 0. The van der Waals surface area contributed by atoms with E-state index in [9.17, 15) is 9.90 Å². The molecule has 1 heterocycles. The molecular formula is C10H15N3O2. The molecule has 5 nitrogen and oxygen atoms in total. The van der Waals surface area contributed by atoms with Crippen LogP contribution in [0.5, 0.6) is 0 Å². The zero-order valence-electron chi connectivity index (χ0n) is 8.49. The molecule has 0 aliphatic heterocycles. The molecule has 1 saturated carbocycles. The number of carboxylic acid groups (broad SMARTS) is 1. The van der Waals surface area contributed by atoms with Crippen molar-refractivity contribution in [3.63, 3.8) is 0 Å². The number of aromatic nitrogens is 2. The lowest BCUT2D eigenvalue weighted by molar-refractivity contribution is -0.145. The van der Waals surface area contributed by atoms with Crippen LogP contribution < -0.4 is 5.73 Å². The third-order valence-corrected chi connectivity index (χ3v) is 3.23. The first-order valence-electron chi connectivity index (χ1n) is 5.20. The first-order valence-corrected chi connectivity index (χ1v) is 5.20. The van der Waals surface area contributed by atoms with Gasteiger partial charge in [-0.25, -0.2) is 0 Å². The maximum atomic E-state index is 11.4. The summed E-state index contributed by atoms with van der Waals surface area (Å²) in [6, 6.07) is 1.64. The number of nitrogens with two attached hydrogens (primary N) is 1. The Labute approximate surface area is 87.7 Å². The molecule has 1 aliphatic carbocycles. The Hall–Kier alpha value is -1.52. The van der Waals surface area contributed by atoms with Crippen LogP contribution in [0, 0.1) is 0 Å². The number of aromatic amines is 1. The average Bonchev–Trinajstić information content (AvgIpc) is 2.66.